The maximum atomic E-state index is 14.8. The summed E-state index contributed by atoms with van der Waals surface area (Å²) in [7, 11) is -2.27. The second kappa shape index (κ2) is 16.8. The van der Waals surface area contributed by atoms with Crippen molar-refractivity contribution >= 4 is 50.7 Å². The molecule has 15 heteroatoms. The third kappa shape index (κ3) is 9.53. The predicted molar refractivity (Wildman–Crippen MR) is 207 cm³/mol. The Hall–Kier alpha value is -4.40. The zero-order chi connectivity index (χ0) is 39.5. The number of rotatable bonds is 9. The molecule has 2 aliphatic carbocycles. The van der Waals surface area contributed by atoms with Gasteiger partial charge in [-0.3, -0.25) is 19.1 Å². The molecule has 1 aromatic heterocycles. The van der Waals surface area contributed by atoms with E-state index in [-0.39, 0.29) is 25.5 Å². The maximum Gasteiger partial charge on any atom is 0.407 e. The second-order valence-electron chi connectivity index (χ2n) is 16.4. The van der Waals surface area contributed by atoms with Gasteiger partial charge in [-0.2, -0.15) is 0 Å². The molecule has 3 fully saturated rings. The third-order valence-electron chi connectivity index (χ3n) is 11.4. The van der Waals surface area contributed by atoms with Gasteiger partial charge in [-0.05, 0) is 67.5 Å². The van der Waals surface area contributed by atoms with E-state index in [4.69, 9.17) is 14.2 Å². The zero-order valence-corrected chi connectivity index (χ0v) is 33.3. The molecule has 1 saturated heterocycles. The van der Waals surface area contributed by atoms with E-state index in [1.165, 1.54) is 4.90 Å². The van der Waals surface area contributed by atoms with Crippen LogP contribution in [0.3, 0.4) is 0 Å². The van der Waals surface area contributed by atoms with E-state index < -0.39 is 74.7 Å². The molecule has 2 aromatic rings. The number of hydrogen-bond acceptors (Lipinski definition) is 10. The monoisotopic (exact) mass is 781 g/mol. The van der Waals surface area contributed by atoms with Crippen LogP contribution in [0.1, 0.15) is 97.5 Å². The Morgan fingerprint density at radius 1 is 1.13 bits per heavy atom. The summed E-state index contributed by atoms with van der Waals surface area (Å²) in [5.74, 6) is -1.52. The van der Waals surface area contributed by atoms with Crippen LogP contribution in [0.2, 0.25) is 0 Å². The SMILES string of the molecule is CC[C@H](C)C(NC(=O)[C@@H]1C[C@@H]2CN1C(=O)[C@H](C1CCCCC1)NC(=O)OCC(C)(C)C/C=C/c1cc3c(nccc3cc1OC)O2)C(=O)NS(=O)(=O)C1CC1. The molecule has 3 N–H and O–H groups in total. The van der Waals surface area contributed by atoms with Gasteiger partial charge >= 0.3 is 6.09 Å². The van der Waals surface area contributed by atoms with Crippen LogP contribution in [0.4, 0.5) is 4.79 Å². The standard InChI is InChI=1S/C40H55N5O9S/c1-6-24(2)33(36(47)44-55(50,51)29-14-15-29)42-35(46)31-21-28-22-45(31)38(48)34(25-11-8-7-9-12-25)43-39(49)53-23-40(3,4)17-10-13-27-19-30-26(20-32(27)52-5)16-18-41-37(30)54-28/h10,13,16,18-20,24-25,28-29,31,33-34H,6-9,11-12,14-15,17,21-23H2,1-5H3,(H,42,46)(H,43,49)(H,44,47)/b13-10+/t24-,28+,31-,33?,34-/m0/s1. The van der Waals surface area contributed by atoms with Crippen LogP contribution < -0.4 is 24.8 Å². The molecular weight excluding hydrogens is 727 g/mol. The number of hydrogen-bond donors (Lipinski definition) is 3. The first-order valence-electron chi connectivity index (χ1n) is 19.6. The number of fused-ring (bicyclic) bond motifs is 3. The number of nitrogens with zero attached hydrogens (tertiary/aromatic N) is 2. The summed E-state index contributed by atoms with van der Waals surface area (Å²) in [6.07, 6.45) is 10.5. The van der Waals surface area contributed by atoms with E-state index in [0.29, 0.717) is 37.3 Å². The lowest BCUT2D eigenvalue weighted by atomic mass is 9.83. The quantitative estimate of drug-likeness (QED) is 0.318. The summed E-state index contributed by atoms with van der Waals surface area (Å²) in [4.78, 5) is 62.1. The molecule has 2 aliphatic heterocycles. The number of sulfonamides is 1. The highest BCUT2D eigenvalue weighted by Gasteiger charge is 2.47. The molecule has 2 saturated carbocycles. The lowest BCUT2D eigenvalue weighted by molar-refractivity contribution is -0.142. The van der Waals surface area contributed by atoms with Gasteiger partial charge in [0.1, 0.15) is 30.0 Å². The molecule has 14 nitrogen and oxygen atoms in total. The van der Waals surface area contributed by atoms with E-state index in [1.54, 1.807) is 20.2 Å². The number of ether oxygens (including phenoxy) is 3. The van der Waals surface area contributed by atoms with Crippen LogP contribution in [0.5, 0.6) is 11.6 Å². The minimum absolute atomic E-state index is 0.00113. The largest absolute Gasteiger partial charge is 0.496 e. The maximum absolute atomic E-state index is 14.8. The van der Waals surface area contributed by atoms with Crippen LogP contribution in [0, 0.1) is 17.3 Å². The van der Waals surface area contributed by atoms with E-state index in [2.05, 4.69) is 20.3 Å². The number of allylic oxidation sites excluding steroid dienone is 1. The number of aromatic nitrogens is 1. The fourth-order valence-electron chi connectivity index (χ4n) is 7.76. The average molecular weight is 782 g/mol. The lowest BCUT2D eigenvalue weighted by Gasteiger charge is -2.35. The summed E-state index contributed by atoms with van der Waals surface area (Å²) in [6.45, 7) is 7.68. The molecule has 300 valence electrons. The molecule has 6 rings (SSSR count). The minimum Gasteiger partial charge on any atom is -0.496 e. The fraction of sp³-hybridized carbons (Fsp3) is 0.625. The second-order valence-corrected chi connectivity index (χ2v) is 18.3. The van der Waals surface area contributed by atoms with Crippen LogP contribution in [-0.4, -0.2) is 91.9 Å². The topological polar surface area (TPSA) is 182 Å². The Morgan fingerprint density at radius 2 is 1.87 bits per heavy atom. The lowest BCUT2D eigenvalue weighted by Crippen LogP contribution is -2.59. The number of carbonyl (C=O) groups is 4. The molecule has 4 amide bonds. The summed E-state index contributed by atoms with van der Waals surface area (Å²) in [5.41, 5.74) is 0.350. The highest BCUT2D eigenvalue weighted by atomic mass is 32.2. The van der Waals surface area contributed by atoms with Crippen LogP contribution in [0.25, 0.3) is 16.8 Å². The minimum atomic E-state index is -3.88. The number of alkyl carbamates (subject to hydrolysis) is 1. The number of carbonyl (C=O) groups excluding carboxylic acids is 4. The van der Waals surface area contributed by atoms with Crippen molar-refractivity contribution in [1.82, 2.24) is 25.2 Å². The first-order chi connectivity index (χ1) is 26.2. The Balaban J connectivity index is 1.37. The Morgan fingerprint density at radius 3 is 2.56 bits per heavy atom. The van der Waals surface area contributed by atoms with Crippen molar-refractivity contribution < 1.29 is 41.8 Å². The van der Waals surface area contributed by atoms with Crippen molar-refractivity contribution in [2.24, 2.45) is 17.3 Å². The molecule has 4 bridgehead atoms. The number of methoxy groups -OCH3 is 1. The summed E-state index contributed by atoms with van der Waals surface area (Å²) < 4.78 is 45.6. The van der Waals surface area contributed by atoms with Crippen molar-refractivity contribution in [3.63, 3.8) is 0 Å². The number of pyridine rings is 1. The third-order valence-corrected chi connectivity index (χ3v) is 13.3. The molecule has 3 heterocycles. The molecule has 55 heavy (non-hydrogen) atoms. The highest BCUT2D eigenvalue weighted by molar-refractivity contribution is 7.90. The number of benzene rings is 1. The van der Waals surface area contributed by atoms with Crippen molar-refractivity contribution in [3.05, 3.63) is 36.0 Å². The van der Waals surface area contributed by atoms with Crippen LogP contribution in [-0.2, 0) is 29.1 Å². The normalized spacial score (nSPS) is 25.4. The Labute approximate surface area is 323 Å². The van der Waals surface area contributed by atoms with Gasteiger partial charge in [0.25, 0.3) is 5.91 Å². The predicted octanol–water partition coefficient (Wildman–Crippen LogP) is 4.85. The van der Waals surface area contributed by atoms with Crippen LogP contribution in [0.15, 0.2) is 30.5 Å². The van der Waals surface area contributed by atoms with Gasteiger partial charge in [0.2, 0.25) is 27.7 Å². The van der Waals surface area contributed by atoms with Gasteiger partial charge in [0, 0.05) is 29.0 Å². The average Bonchev–Trinajstić information content (AvgIpc) is 3.95. The molecule has 1 aromatic carbocycles. The van der Waals surface area contributed by atoms with Gasteiger partial charge in [0.15, 0.2) is 0 Å². The van der Waals surface area contributed by atoms with Crippen molar-refractivity contribution in [2.45, 2.75) is 121 Å². The van der Waals surface area contributed by atoms with Gasteiger partial charge in [-0.25, -0.2) is 18.2 Å². The van der Waals surface area contributed by atoms with E-state index >= 15 is 0 Å². The van der Waals surface area contributed by atoms with Gasteiger partial charge in [0.05, 0.1) is 25.5 Å². The molecule has 0 spiro atoms. The van der Waals surface area contributed by atoms with E-state index in [0.717, 1.165) is 48.4 Å². The first-order valence-corrected chi connectivity index (χ1v) is 21.1. The number of amides is 4. The van der Waals surface area contributed by atoms with Crippen LogP contribution >= 0.6 is 0 Å². The van der Waals surface area contributed by atoms with E-state index in [9.17, 15) is 27.6 Å². The summed E-state index contributed by atoms with van der Waals surface area (Å²) >= 11 is 0. The van der Waals surface area contributed by atoms with E-state index in [1.807, 2.05) is 51.1 Å². The Kier molecular flexibility index (Phi) is 12.3. The van der Waals surface area contributed by atoms with Gasteiger partial charge in [-0.1, -0.05) is 65.5 Å². The number of cyclic esters (lactones) is 1. The highest BCUT2D eigenvalue weighted by Crippen LogP contribution is 2.35. The summed E-state index contributed by atoms with van der Waals surface area (Å²) in [5, 5.41) is 6.61. The summed E-state index contributed by atoms with van der Waals surface area (Å²) in [6, 6.07) is 2.44. The van der Waals surface area contributed by atoms with Gasteiger partial charge < -0.3 is 29.7 Å². The van der Waals surface area contributed by atoms with Gasteiger partial charge in [-0.15, -0.1) is 0 Å². The first kappa shape index (κ1) is 40.3. The molecule has 0 radical (unpaired) electrons. The Bertz CT molecular complexity index is 1910. The fourth-order valence-corrected chi connectivity index (χ4v) is 9.09. The van der Waals surface area contributed by atoms with Crippen molar-refractivity contribution in [2.75, 3.05) is 20.3 Å². The number of nitrogens with one attached hydrogen (secondary N) is 3. The molecule has 4 aliphatic rings. The van der Waals surface area contributed by atoms with Crippen molar-refractivity contribution in [3.8, 4) is 11.6 Å². The smallest absolute Gasteiger partial charge is 0.407 e. The molecular formula is C40H55N5O9S. The van der Waals surface area contributed by atoms with Crippen molar-refractivity contribution in [1.29, 1.82) is 0 Å². The zero-order valence-electron chi connectivity index (χ0n) is 32.5. The molecule has 1 unspecified atom stereocenters. The molecule has 5 atom stereocenters.